The van der Waals surface area contributed by atoms with E-state index in [1.165, 1.54) is 0 Å². The van der Waals surface area contributed by atoms with Gasteiger partial charge in [0.2, 0.25) is 0 Å². The maximum Gasteiger partial charge on any atom is 0.397 e. The molecular weight excluding hydrogens is 664 g/mol. The van der Waals surface area contributed by atoms with Gasteiger partial charge < -0.3 is 44.8 Å². The first kappa shape index (κ1) is 37.5. The number of allylic oxidation sites excluding steroid dienone is 2. The van der Waals surface area contributed by atoms with Crippen LogP contribution in [0.15, 0.2) is 11.6 Å². The molecule has 2 heterocycles. The third-order valence-electron chi connectivity index (χ3n) is 13.8. The molecule has 0 aromatic carbocycles. The zero-order valence-electron chi connectivity index (χ0n) is 29.0. The summed E-state index contributed by atoms with van der Waals surface area (Å²) in [6.07, 6.45) is -7.38. The second kappa shape index (κ2) is 12.7. The van der Waals surface area contributed by atoms with E-state index in [0.717, 1.165) is 5.57 Å². The van der Waals surface area contributed by atoms with Crippen LogP contribution >= 0.6 is 0 Å². The van der Waals surface area contributed by atoms with Gasteiger partial charge in [-0.25, -0.2) is 8.98 Å². The Morgan fingerprint density at radius 2 is 1.67 bits per heavy atom. The first-order chi connectivity index (χ1) is 22.6. The molecular formula is C34H54O14S. The predicted molar refractivity (Wildman–Crippen MR) is 171 cm³/mol. The van der Waals surface area contributed by atoms with Crippen LogP contribution in [0, 0.1) is 46.3 Å². The highest BCUT2D eigenvalue weighted by molar-refractivity contribution is 7.80. The predicted octanol–water partition coefficient (Wildman–Crippen LogP) is 1.42. The Bertz CT molecular complexity index is 1420. The van der Waals surface area contributed by atoms with E-state index in [9.17, 15) is 48.4 Å². The van der Waals surface area contributed by atoms with Crippen LogP contribution in [-0.2, 0) is 33.6 Å². The number of carboxylic acids is 1. The third-order valence-corrected chi connectivity index (χ3v) is 14.3. The first-order valence-corrected chi connectivity index (χ1v) is 19.0. The van der Waals surface area contributed by atoms with Gasteiger partial charge in [-0.3, -0.25) is 4.55 Å². The van der Waals surface area contributed by atoms with Crippen molar-refractivity contribution in [3.05, 3.63) is 11.6 Å². The van der Waals surface area contributed by atoms with Gasteiger partial charge in [-0.1, -0.05) is 46.3 Å². The van der Waals surface area contributed by atoms with Crippen LogP contribution in [0.3, 0.4) is 0 Å². The van der Waals surface area contributed by atoms with Gasteiger partial charge in [0.25, 0.3) is 0 Å². The maximum absolute atomic E-state index is 12.2. The van der Waals surface area contributed by atoms with E-state index in [1.54, 1.807) is 6.92 Å². The highest BCUT2D eigenvalue weighted by Gasteiger charge is 2.70. The van der Waals surface area contributed by atoms with Crippen molar-refractivity contribution < 1.29 is 66.8 Å². The summed E-state index contributed by atoms with van der Waals surface area (Å²) in [7, 11) is -4.87. The van der Waals surface area contributed by atoms with Gasteiger partial charge in [-0.05, 0) is 85.9 Å². The zero-order valence-corrected chi connectivity index (χ0v) is 29.8. The van der Waals surface area contributed by atoms with Crippen molar-refractivity contribution in [3.63, 3.8) is 0 Å². The van der Waals surface area contributed by atoms with E-state index in [-0.39, 0.29) is 48.5 Å². The summed E-state index contributed by atoms with van der Waals surface area (Å²) in [6, 6.07) is 0. The smallest absolute Gasteiger partial charge is 0.397 e. The number of aliphatic carboxylic acids is 1. The summed E-state index contributed by atoms with van der Waals surface area (Å²) in [6.45, 7) is 12.0. The molecule has 14 nitrogen and oxygen atoms in total. The Labute approximate surface area is 287 Å². The lowest BCUT2D eigenvalue weighted by Gasteiger charge is -2.59. The van der Waals surface area contributed by atoms with Crippen molar-refractivity contribution in [2.24, 2.45) is 46.3 Å². The fourth-order valence-electron chi connectivity index (χ4n) is 11.0. The Balaban J connectivity index is 1.27. The molecule has 0 amide bonds. The molecule has 4 aliphatic carbocycles. The maximum atomic E-state index is 12.2. The minimum atomic E-state index is -4.87. The SMILES string of the molecule is CC(C)[C@H](C)[C@H](O)[C@@H]1O[C@H]2CC3[C@@H]4C[C@H](OS(=O)(=O)O)C5C[C@@H](O[C@@H]6O[C@H](C(=O)O)[C@@H](O)[C@H](O)[C@H]6O)CC[C@]5(C)C4=CC[C@]3(C)[C@H]2[C@@]1(C)O. The van der Waals surface area contributed by atoms with E-state index in [0.29, 0.717) is 25.7 Å². The molecule has 15 heteroatoms. The van der Waals surface area contributed by atoms with Crippen molar-refractivity contribution >= 4 is 16.4 Å². The number of carbonyl (C=O) groups is 1. The lowest BCUT2D eigenvalue weighted by Crippen LogP contribution is -2.61. The van der Waals surface area contributed by atoms with E-state index >= 15 is 0 Å². The van der Waals surface area contributed by atoms with Gasteiger partial charge in [-0.2, -0.15) is 8.42 Å². The molecule has 6 rings (SSSR count). The van der Waals surface area contributed by atoms with E-state index in [4.69, 9.17) is 18.4 Å². The van der Waals surface area contributed by atoms with E-state index in [2.05, 4.69) is 19.9 Å². The van der Waals surface area contributed by atoms with E-state index < -0.39 is 93.8 Å². The van der Waals surface area contributed by atoms with Crippen molar-refractivity contribution in [1.82, 2.24) is 0 Å². The monoisotopic (exact) mass is 718 g/mol. The fraction of sp³-hybridized carbons (Fsp3) is 0.912. The third kappa shape index (κ3) is 6.12. The molecule has 2 unspecified atom stereocenters. The van der Waals surface area contributed by atoms with Crippen molar-refractivity contribution in [1.29, 1.82) is 0 Å². The van der Waals surface area contributed by atoms with Crippen LogP contribution in [0.1, 0.15) is 80.1 Å². The van der Waals surface area contributed by atoms with Gasteiger partial charge in [0.1, 0.15) is 24.4 Å². The standard InChI is InChI=1S/C34H54O14S/c1-14(2)15(3)23(35)29-34(6,41)28-22(46-29)13-19-17-12-21(48-49(42,43)44)20-11-16(7-9-32(20,4)18(17)8-10-33(19,28)5)45-31-26(38)24(36)25(37)27(47-31)30(39)40/h8,14-17,19-29,31,35-38,41H,7,9-13H2,1-6H3,(H,39,40)(H,42,43,44)/t15-,16-,17+,19?,20?,21-,22-,23-,24-,25-,26+,27-,28-,29-,31+,32+,33-,34+/m0/s1. The van der Waals surface area contributed by atoms with Crippen molar-refractivity contribution in [2.45, 2.75) is 147 Å². The van der Waals surface area contributed by atoms with Gasteiger partial charge in [0, 0.05) is 5.92 Å². The number of carboxylic acid groups (broad SMARTS) is 1. The fourth-order valence-corrected chi connectivity index (χ4v) is 11.5. The molecule has 2 aliphatic heterocycles. The quantitative estimate of drug-likeness (QED) is 0.107. The number of ether oxygens (including phenoxy) is 3. The van der Waals surface area contributed by atoms with E-state index in [1.807, 2.05) is 20.8 Å². The van der Waals surface area contributed by atoms with Crippen LogP contribution in [-0.4, -0.2) is 116 Å². The summed E-state index contributed by atoms with van der Waals surface area (Å²) >= 11 is 0. The van der Waals surface area contributed by atoms with Crippen molar-refractivity contribution in [3.8, 4) is 0 Å². The molecule has 0 bridgehead atoms. The molecule has 0 radical (unpaired) electrons. The van der Waals surface area contributed by atoms with Gasteiger partial charge >= 0.3 is 16.4 Å². The average molecular weight is 719 g/mol. The normalized spacial score (nSPS) is 50.9. The molecule has 7 N–H and O–H groups in total. The molecule has 0 spiro atoms. The summed E-state index contributed by atoms with van der Waals surface area (Å²) in [5, 5.41) is 63.7. The van der Waals surface area contributed by atoms with Crippen LogP contribution in [0.2, 0.25) is 0 Å². The van der Waals surface area contributed by atoms with Crippen LogP contribution < -0.4 is 0 Å². The number of fused-ring (bicyclic) bond motifs is 7. The highest BCUT2D eigenvalue weighted by Crippen LogP contribution is 2.69. The largest absolute Gasteiger partial charge is 0.479 e. The average Bonchev–Trinajstić information content (AvgIpc) is 3.46. The molecule has 3 saturated carbocycles. The second-order valence-corrected chi connectivity index (χ2v) is 17.8. The van der Waals surface area contributed by atoms with Crippen LogP contribution in [0.25, 0.3) is 0 Å². The van der Waals surface area contributed by atoms with Crippen molar-refractivity contribution in [2.75, 3.05) is 0 Å². The molecule has 49 heavy (non-hydrogen) atoms. The summed E-state index contributed by atoms with van der Waals surface area (Å²) < 4.78 is 57.7. The number of rotatable bonds is 8. The highest BCUT2D eigenvalue weighted by atomic mass is 32.3. The number of aliphatic hydroxyl groups is 5. The first-order valence-electron chi connectivity index (χ1n) is 17.6. The van der Waals surface area contributed by atoms with Gasteiger partial charge in [0.05, 0.1) is 30.0 Å². The lowest BCUT2D eigenvalue weighted by molar-refractivity contribution is -0.309. The molecule has 280 valence electrons. The molecule has 6 aliphatic rings. The Hall–Kier alpha value is -1.24. The Morgan fingerprint density at radius 1 is 1.00 bits per heavy atom. The number of aliphatic hydroxyl groups excluding tert-OH is 4. The summed E-state index contributed by atoms with van der Waals surface area (Å²) in [5.74, 6) is -2.31. The van der Waals surface area contributed by atoms with Gasteiger partial charge in [-0.15, -0.1) is 0 Å². The minimum absolute atomic E-state index is 0.000452. The topological polar surface area (TPSA) is 230 Å². The van der Waals surface area contributed by atoms with Crippen LogP contribution in [0.5, 0.6) is 0 Å². The minimum Gasteiger partial charge on any atom is -0.479 e. The molecule has 2 saturated heterocycles. The summed E-state index contributed by atoms with van der Waals surface area (Å²) in [4.78, 5) is 11.6. The zero-order chi connectivity index (χ0) is 36.2. The Kier molecular flexibility index (Phi) is 9.73. The van der Waals surface area contributed by atoms with Crippen LogP contribution in [0.4, 0.5) is 0 Å². The molecule has 5 fully saturated rings. The molecule has 18 atom stereocenters. The second-order valence-electron chi connectivity index (χ2n) is 16.8. The Morgan fingerprint density at radius 3 is 2.29 bits per heavy atom. The molecule has 0 aromatic rings. The lowest BCUT2D eigenvalue weighted by atomic mass is 9.47. The molecule has 0 aromatic heterocycles. The van der Waals surface area contributed by atoms with Gasteiger partial charge in [0.15, 0.2) is 12.4 Å². The summed E-state index contributed by atoms with van der Waals surface area (Å²) in [5.41, 5.74) is -1.14. The number of hydrogen-bond donors (Lipinski definition) is 7. The number of hydrogen-bond acceptors (Lipinski definition) is 12.